The Balaban J connectivity index is 1.63. The number of piperidine rings is 1. The minimum atomic E-state index is -0.186. The van der Waals surface area contributed by atoms with Crippen molar-refractivity contribution in [1.29, 1.82) is 0 Å². The van der Waals surface area contributed by atoms with Gasteiger partial charge in [-0.25, -0.2) is 0 Å². The number of hydrogen-bond acceptors (Lipinski definition) is 3. The number of nitrogens with zero attached hydrogens (tertiary/aromatic N) is 1. The van der Waals surface area contributed by atoms with Gasteiger partial charge in [-0.1, -0.05) is 6.42 Å². The molecule has 4 heteroatoms. The first-order chi connectivity index (χ1) is 8.27. The number of amides is 1. The molecule has 2 aliphatic heterocycles. The van der Waals surface area contributed by atoms with Gasteiger partial charge in [-0.15, -0.1) is 0 Å². The van der Waals surface area contributed by atoms with Gasteiger partial charge >= 0.3 is 0 Å². The van der Waals surface area contributed by atoms with Crippen LogP contribution in [0.15, 0.2) is 0 Å². The second-order valence-electron chi connectivity index (χ2n) is 5.17. The van der Waals surface area contributed by atoms with E-state index < -0.39 is 0 Å². The fourth-order valence-electron chi connectivity index (χ4n) is 2.71. The molecule has 0 aliphatic carbocycles. The molecule has 0 aromatic heterocycles. The minimum absolute atomic E-state index is 0.0761. The Morgan fingerprint density at radius 1 is 1.35 bits per heavy atom. The molecule has 0 aromatic rings. The molecule has 2 atom stereocenters. The van der Waals surface area contributed by atoms with Crippen LogP contribution in [0.5, 0.6) is 0 Å². The molecule has 1 amide bonds. The van der Waals surface area contributed by atoms with Gasteiger partial charge < -0.3 is 10.1 Å². The Hall–Kier alpha value is -0.610. The molecule has 0 aromatic carbocycles. The van der Waals surface area contributed by atoms with Gasteiger partial charge in [0.1, 0.15) is 6.10 Å². The van der Waals surface area contributed by atoms with Gasteiger partial charge in [0.05, 0.1) is 0 Å². The summed E-state index contributed by atoms with van der Waals surface area (Å²) in [5.74, 6) is 0.0761. The van der Waals surface area contributed by atoms with Gasteiger partial charge in [0, 0.05) is 25.7 Å². The highest BCUT2D eigenvalue weighted by Gasteiger charge is 2.23. The molecule has 2 heterocycles. The van der Waals surface area contributed by atoms with Crippen LogP contribution in [-0.4, -0.2) is 49.2 Å². The predicted octanol–water partition coefficient (Wildman–Crippen LogP) is 1.16. The number of likely N-dealkylation sites (tertiary alicyclic amines) is 1. The number of carbonyl (C=O) groups excluding carboxylic acids is 1. The summed E-state index contributed by atoms with van der Waals surface area (Å²) < 4.78 is 5.35. The summed E-state index contributed by atoms with van der Waals surface area (Å²) >= 11 is 0. The van der Waals surface area contributed by atoms with Crippen molar-refractivity contribution < 1.29 is 9.53 Å². The molecule has 2 rings (SSSR count). The Morgan fingerprint density at radius 3 is 2.94 bits per heavy atom. The number of rotatable bonds is 4. The Morgan fingerprint density at radius 2 is 2.24 bits per heavy atom. The van der Waals surface area contributed by atoms with Crippen LogP contribution in [0, 0.1) is 0 Å². The average molecular weight is 240 g/mol. The zero-order valence-corrected chi connectivity index (χ0v) is 10.8. The van der Waals surface area contributed by atoms with Gasteiger partial charge in [0.15, 0.2) is 0 Å². The summed E-state index contributed by atoms with van der Waals surface area (Å²) in [5, 5.41) is 2.99. The SMILES string of the molecule is C[C@@H]1CCCCN1CCNC(=O)[C@@H]1CCCO1. The lowest BCUT2D eigenvalue weighted by Crippen LogP contribution is -2.44. The summed E-state index contributed by atoms with van der Waals surface area (Å²) in [6, 6.07) is 0.670. The van der Waals surface area contributed by atoms with E-state index in [1.54, 1.807) is 0 Å². The van der Waals surface area contributed by atoms with E-state index in [2.05, 4.69) is 17.1 Å². The minimum Gasteiger partial charge on any atom is -0.368 e. The molecule has 0 radical (unpaired) electrons. The molecule has 2 fully saturated rings. The zero-order valence-electron chi connectivity index (χ0n) is 10.8. The van der Waals surface area contributed by atoms with Crippen LogP contribution in [0.25, 0.3) is 0 Å². The first-order valence-electron chi connectivity index (χ1n) is 6.91. The summed E-state index contributed by atoms with van der Waals surface area (Å²) in [6.45, 7) is 5.92. The molecule has 0 spiro atoms. The third-order valence-electron chi connectivity index (χ3n) is 3.86. The molecule has 17 heavy (non-hydrogen) atoms. The van der Waals surface area contributed by atoms with E-state index in [1.165, 1.54) is 25.8 Å². The van der Waals surface area contributed by atoms with Crippen molar-refractivity contribution in [1.82, 2.24) is 10.2 Å². The maximum atomic E-state index is 11.7. The highest BCUT2D eigenvalue weighted by Crippen LogP contribution is 2.15. The largest absolute Gasteiger partial charge is 0.368 e. The van der Waals surface area contributed by atoms with Gasteiger partial charge in [-0.2, -0.15) is 0 Å². The smallest absolute Gasteiger partial charge is 0.249 e. The van der Waals surface area contributed by atoms with E-state index >= 15 is 0 Å². The summed E-state index contributed by atoms with van der Waals surface area (Å²) in [6.07, 6.45) is 5.64. The van der Waals surface area contributed by atoms with Gasteiger partial charge in [0.25, 0.3) is 0 Å². The van der Waals surface area contributed by atoms with E-state index in [-0.39, 0.29) is 12.0 Å². The zero-order chi connectivity index (χ0) is 12.1. The van der Waals surface area contributed by atoms with Crippen LogP contribution in [-0.2, 0) is 9.53 Å². The average Bonchev–Trinajstić information content (AvgIpc) is 2.85. The van der Waals surface area contributed by atoms with Gasteiger partial charge in [0.2, 0.25) is 5.91 Å². The number of carbonyl (C=O) groups is 1. The molecule has 1 N–H and O–H groups in total. The Kier molecular flexibility index (Phi) is 4.80. The maximum Gasteiger partial charge on any atom is 0.249 e. The lowest BCUT2D eigenvalue weighted by atomic mass is 10.0. The molecular weight excluding hydrogens is 216 g/mol. The van der Waals surface area contributed by atoms with Crippen LogP contribution < -0.4 is 5.32 Å². The molecule has 98 valence electrons. The topological polar surface area (TPSA) is 41.6 Å². The van der Waals surface area contributed by atoms with Crippen molar-refractivity contribution in [2.45, 2.75) is 51.2 Å². The van der Waals surface area contributed by atoms with Crippen molar-refractivity contribution in [2.24, 2.45) is 0 Å². The third-order valence-corrected chi connectivity index (χ3v) is 3.86. The molecular formula is C13H24N2O2. The van der Waals surface area contributed by atoms with E-state index in [9.17, 15) is 4.79 Å². The van der Waals surface area contributed by atoms with Crippen molar-refractivity contribution >= 4 is 5.91 Å². The standard InChI is InChI=1S/C13H24N2O2/c1-11-5-2-3-8-15(11)9-7-14-13(16)12-6-4-10-17-12/h11-12H,2-10H2,1H3,(H,14,16)/t11-,12+/m1/s1. The molecule has 0 unspecified atom stereocenters. The van der Waals surface area contributed by atoms with Crippen molar-refractivity contribution in [2.75, 3.05) is 26.2 Å². The van der Waals surface area contributed by atoms with E-state index in [4.69, 9.17) is 4.74 Å². The fraction of sp³-hybridized carbons (Fsp3) is 0.923. The fourth-order valence-corrected chi connectivity index (χ4v) is 2.71. The van der Waals surface area contributed by atoms with Crippen molar-refractivity contribution in [3.63, 3.8) is 0 Å². The van der Waals surface area contributed by atoms with Crippen LogP contribution in [0.3, 0.4) is 0 Å². The first-order valence-corrected chi connectivity index (χ1v) is 6.91. The molecule has 0 bridgehead atoms. The highest BCUT2D eigenvalue weighted by atomic mass is 16.5. The Labute approximate surface area is 104 Å². The van der Waals surface area contributed by atoms with Crippen LogP contribution in [0.4, 0.5) is 0 Å². The number of nitrogens with one attached hydrogen (secondary N) is 1. The summed E-state index contributed by atoms with van der Waals surface area (Å²) in [4.78, 5) is 14.2. The molecule has 0 saturated carbocycles. The van der Waals surface area contributed by atoms with Crippen LogP contribution >= 0.6 is 0 Å². The normalized spacial score (nSPS) is 30.4. The number of hydrogen-bond donors (Lipinski definition) is 1. The highest BCUT2D eigenvalue weighted by molar-refractivity contribution is 5.80. The quantitative estimate of drug-likeness (QED) is 0.801. The maximum absolute atomic E-state index is 11.7. The first kappa shape index (κ1) is 12.8. The van der Waals surface area contributed by atoms with Gasteiger partial charge in [-0.3, -0.25) is 9.69 Å². The van der Waals surface area contributed by atoms with E-state index in [0.717, 1.165) is 32.5 Å². The summed E-state index contributed by atoms with van der Waals surface area (Å²) in [7, 11) is 0. The third kappa shape index (κ3) is 3.68. The van der Waals surface area contributed by atoms with E-state index in [0.29, 0.717) is 6.04 Å². The monoisotopic (exact) mass is 240 g/mol. The molecule has 4 nitrogen and oxygen atoms in total. The second kappa shape index (κ2) is 6.36. The van der Waals surface area contributed by atoms with Crippen LogP contribution in [0.1, 0.15) is 39.0 Å². The van der Waals surface area contributed by atoms with Crippen LogP contribution in [0.2, 0.25) is 0 Å². The lowest BCUT2D eigenvalue weighted by molar-refractivity contribution is -0.130. The summed E-state index contributed by atoms with van der Waals surface area (Å²) in [5.41, 5.74) is 0. The lowest BCUT2D eigenvalue weighted by Gasteiger charge is -2.33. The van der Waals surface area contributed by atoms with Gasteiger partial charge in [-0.05, 0) is 39.2 Å². The van der Waals surface area contributed by atoms with E-state index in [1.807, 2.05) is 0 Å². The van der Waals surface area contributed by atoms with Crippen molar-refractivity contribution in [3.8, 4) is 0 Å². The Bertz CT molecular complexity index is 252. The number of ether oxygens (including phenoxy) is 1. The second-order valence-corrected chi connectivity index (χ2v) is 5.17. The molecule has 2 aliphatic rings. The predicted molar refractivity (Wildman–Crippen MR) is 66.9 cm³/mol. The molecule has 2 saturated heterocycles. The van der Waals surface area contributed by atoms with Crippen molar-refractivity contribution in [3.05, 3.63) is 0 Å².